The minimum Gasteiger partial charge on any atom is -0.493 e. The fourth-order valence-electron chi connectivity index (χ4n) is 3.07. The van der Waals surface area contributed by atoms with Crippen LogP contribution in [0.25, 0.3) is 10.9 Å². The minimum absolute atomic E-state index is 0. The predicted octanol–water partition coefficient (Wildman–Crippen LogP) is 1.75. The van der Waals surface area contributed by atoms with Crippen LogP contribution in [0, 0.1) is 0 Å². The molecule has 0 saturated carbocycles. The highest BCUT2D eigenvalue weighted by Crippen LogP contribution is 2.34. The van der Waals surface area contributed by atoms with Crippen LogP contribution in [0.3, 0.4) is 0 Å². The molecule has 3 rings (SSSR count). The third-order valence-corrected chi connectivity index (χ3v) is 4.88. The molecule has 27 heavy (non-hydrogen) atoms. The van der Waals surface area contributed by atoms with Gasteiger partial charge in [0.1, 0.15) is 12.1 Å². The van der Waals surface area contributed by atoms with Crippen LogP contribution >= 0.6 is 25.2 Å². The van der Waals surface area contributed by atoms with Gasteiger partial charge in [0.05, 0.1) is 26.3 Å². The lowest BCUT2D eigenvalue weighted by atomic mass is 10.2. The van der Waals surface area contributed by atoms with Crippen LogP contribution in [-0.4, -0.2) is 73.3 Å². The summed E-state index contributed by atoms with van der Waals surface area (Å²) in [4.78, 5) is 21.9. The summed E-state index contributed by atoms with van der Waals surface area (Å²) >= 11 is 0. The third kappa shape index (κ3) is 5.30. The number of piperazine rings is 1. The van der Waals surface area contributed by atoms with Gasteiger partial charge in [0, 0.05) is 44.2 Å². The zero-order valence-electron chi connectivity index (χ0n) is 15.3. The van der Waals surface area contributed by atoms with Crippen molar-refractivity contribution >= 4 is 42.0 Å². The minimum atomic E-state index is -2.85. The van der Waals surface area contributed by atoms with Gasteiger partial charge in [0.2, 0.25) is 0 Å². The number of ether oxygens (including phenoxy) is 2. The second-order valence-electron chi connectivity index (χ2n) is 5.86. The van der Waals surface area contributed by atoms with Gasteiger partial charge in [-0.05, 0) is 6.07 Å². The van der Waals surface area contributed by atoms with Gasteiger partial charge in [-0.3, -0.25) is 9.46 Å². The molecule has 1 unspecified atom stereocenters. The summed E-state index contributed by atoms with van der Waals surface area (Å²) in [5.41, 5.74) is 0.802. The molecule has 9 nitrogen and oxygen atoms in total. The molecular weight excluding hydrogens is 439 g/mol. The summed E-state index contributed by atoms with van der Waals surface area (Å²) < 4.78 is 26.1. The second-order valence-corrected chi connectivity index (χ2v) is 6.69. The molecule has 1 aliphatic heterocycles. The van der Waals surface area contributed by atoms with Crippen molar-refractivity contribution in [2.75, 3.05) is 58.5 Å². The number of nitrogens with zero attached hydrogens (tertiary/aromatic N) is 4. The first-order valence-corrected chi connectivity index (χ1v) is 9.58. The maximum absolute atomic E-state index is 10.6. The highest BCUT2D eigenvalue weighted by atomic mass is 79.9. The quantitative estimate of drug-likeness (QED) is 0.616. The molecule has 1 aromatic heterocycles. The van der Waals surface area contributed by atoms with Crippen LogP contribution in [0.4, 0.5) is 5.82 Å². The number of hydrogen-bond donors (Lipinski definition) is 1. The van der Waals surface area contributed by atoms with Crippen molar-refractivity contribution in [2.24, 2.45) is 0 Å². The van der Waals surface area contributed by atoms with Gasteiger partial charge < -0.3 is 23.8 Å². The number of rotatable bonds is 7. The van der Waals surface area contributed by atoms with Crippen molar-refractivity contribution in [3.8, 4) is 11.5 Å². The SMILES string of the molecule is Br.COc1cc2ncnc(N3CCN(CCO[PH](=O)O)CC3)c2cc1OC. The van der Waals surface area contributed by atoms with Crippen LogP contribution in [0.15, 0.2) is 18.5 Å². The molecule has 150 valence electrons. The number of anilines is 1. The number of fused-ring (bicyclic) bond motifs is 1. The summed E-state index contributed by atoms with van der Waals surface area (Å²) in [5.74, 6) is 2.15. The molecule has 1 fully saturated rings. The van der Waals surface area contributed by atoms with Gasteiger partial charge in [-0.1, -0.05) is 0 Å². The summed E-state index contributed by atoms with van der Waals surface area (Å²) in [7, 11) is 0.355. The molecule has 1 aliphatic rings. The second kappa shape index (κ2) is 10.2. The lowest BCUT2D eigenvalue weighted by molar-refractivity contribution is 0.194. The predicted molar refractivity (Wildman–Crippen MR) is 109 cm³/mol. The Labute approximate surface area is 169 Å². The average molecular weight is 463 g/mol. The maximum Gasteiger partial charge on any atom is 0.316 e. The monoisotopic (exact) mass is 462 g/mol. The highest BCUT2D eigenvalue weighted by molar-refractivity contribution is 8.93. The first kappa shape index (κ1) is 21.8. The van der Waals surface area contributed by atoms with E-state index in [4.69, 9.17) is 18.9 Å². The molecule has 2 heterocycles. The first-order chi connectivity index (χ1) is 12.6. The lowest BCUT2D eigenvalue weighted by Gasteiger charge is -2.35. The summed E-state index contributed by atoms with van der Waals surface area (Å²) in [6.45, 7) is 4.16. The van der Waals surface area contributed by atoms with Gasteiger partial charge >= 0.3 is 8.25 Å². The van der Waals surface area contributed by atoms with Crippen molar-refractivity contribution in [2.45, 2.75) is 0 Å². The lowest BCUT2D eigenvalue weighted by Crippen LogP contribution is -2.47. The highest BCUT2D eigenvalue weighted by Gasteiger charge is 2.21. The summed E-state index contributed by atoms with van der Waals surface area (Å²) in [6.07, 6.45) is 1.56. The van der Waals surface area contributed by atoms with Crippen molar-refractivity contribution in [3.63, 3.8) is 0 Å². The van der Waals surface area contributed by atoms with Crippen LogP contribution in [0.5, 0.6) is 11.5 Å². The Balaban J connectivity index is 0.00000261. The topological polar surface area (TPSA) is 97.3 Å². The van der Waals surface area contributed by atoms with Crippen molar-refractivity contribution < 1.29 is 23.5 Å². The Morgan fingerprint density at radius 3 is 2.41 bits per heavy atom. The molecule has 0 spiro atoms. The largest absolute Gasteiger partial charge is 0.493 e. The van der Waals surface area contributed by atoms with E-state index >= 15 is 0 Å². The number of halogens is 1. The van der Waals surface area contributed by atoms with E-state index in [9.17, 15) is 4.57 Å². The zero-order valence-corrected chi connectivity index (χ0v) is 18.0. The summed E-state index contributed by atoms with van der Waals surface area (Å²) in [6, 6.07) is 3.76. The van der Waals surface area contributed by atoms with Crippen LogP contribution < -0.4 is 14.4 Å². The molecule has 0 radical (unpaired) electrons. The number of benzene rings is 1. The van der Waals surface area contributed by atoms with Crippen molar-refractivity contribution in [1.29, 1.82) is 0 Å². The Bertz CT molecular complexity index is 789. The molecule has 2 aromatic rings. The Hall–Kier alpha value is -1.45. The molecule has 1 atom stereocenters. The molecule has 1 saturated heterocycles. The van der Waals surface area contributed by atoms with Crippen LogP contribution in [0.2, 0.25) is 0 Å². The van der Waals surface area contributed by atoms with E-state index in [1.165, 1.54) is 0 Å². The van der Waals surface area contributed by atoms with E-state index in [-0.39, 0.29) is 23.6 Å². The molecule has 1 aromatic carbocycles. The van der Waals surface area contributed by atoms with E-state index < -0.39 is 8.25 Å². The van der Waals surface area contributed by atoms with Gasteiger partial charge in [-0.15, -0.1) is 17.0 Å². The molecule has 0 amide bonds. The molecule has 0 bridgehead atoms. The summed E-state index contributed by atoms with van der Waals surface area (Å²) in [5, 5.41) is 0.917. The first-order valence-electron chi connectivity index (χ1n) is 8.32. The fourth-order valence-corrected chi connectivity index (χ4v) is 3.33. The van der Waals surface area contributed by atoms with Gasteiger partial charge in [-0.25, -0.2) is 9.97 Å². The van der Waals surface area contributed by atoms with Crippen molar-refractivity contribution in [3.05, 3.63) is 18.5 Å². The van der Waals surface area contributed by atoms with E-state index in [1.807, 2.05) is 12.1 Å². The van der Waals surface area contributed by atoms with E-state index in [0.717, 1.165) is 42.9 Å². The van der Waals surface area contributed by atoms with Gasteiger partial charge in [-0.2, -0.15) is 0 Å². The van der Waals surface area contributed by atoms with E-state index in [2.05, 4.69) is 19.8 Å². The van der Waals surface area contributed by atoms with Gasteiger partial charge in [0.15, 0.2) is 11.5 Å². The number of hydrogen-bond acceptors (Lipinski definition) is 8. The molecular formula is C16H24BrN4O5P. The van der Waals surface area contributed by atoms with Crippen LogP contribution in [0.1, 0.15) is 0 Å². The zero-order chi connectivity index (χ0) is 18.5. The maximum atomic E-state index is 10.6. The van der Waals surface area contributed by atoms with E-state index in [0.29, 0.717) is 18.0 Å². The van der Waals surface area contributed by atoms with Crippen LogP contribution in [-0.2, 0) is 9.09 Å². The average Bonchev–Trinajstić information content (AvgIpc) is 2.66. The Morgan fingerprint density at radius 1 is 1.11 bits per heavy atom. The Kier molecular flexibility index (Phi) is 8.25. The standard InChI is InChI=1S/C16H23N4O5P.BrH/c1-23-14-9-12-13(10-15(14)24-2)17-11-18-16(12)20-5-3-19(4-6-20)7-8-25-26(21)22;/h9-11,26H,3-8H2,1-2H3,(H,21,22);1H. The Morgan fingerprint density at radius 2 is 1.78 bits per heavy atom. The molecule has 0 aliphatic carbocycles. The van der Waals surface area contributed by atoms with E-state index in [1.54, 1.807) is 20.5 Å². The fraction of sp³-hybridized carbons (Fsp3) is 0.500. The smallest absolute Gasteiger partial charge is 0.316 e. The third-order valence-electron chi connectivity index (χ3n) is 4.42. The number of aromatic nitrogens is 2. The normalized spacial score (nSPS) is 16.0. The molecule has 1 N–H and O–H groups in total. The molecule has 11 heteroatoms. The van der Waals surface area contributed by atoms with Gasteiger partial charge in [0.25, 0.3) is 0 Å². The number of methoxy groups -OCH3 is 2. The van der Waals surface area contributed by atoms with Crippen molar-refractivity contribution in [1.82, 2.24) is 14.9 Å².